The molecule has 2 aromatic heterocycles. The Balaban J connectivity index is 1.80. The number of hydrogen-bond acceptors (Lipinski definition) is 5. The molecular weight excluding hydrogens is 290 g/mol. The molecule has 112 valence electrons. The van der Waals surface area contributed by atoms with Gasteiger partial charge in [0.05, 0.1) is 5.69 Å². The number of fused-ring (bicyclic) bond motifs is 1. The highest BCUT2D eigenvalue weighted by Gasteiger charge is 2.26. The average molecular weight is 307 g/mol. The number of rotatable bonds is 2. The van der Waals surface area contributed by atoms with Crippen LogP contribution in [0.1, 0.15) is 34.6 Å². The SMILES string of the molecule is Cc1nn(C)c2sc(C(=O)OC3CCCCNC3=O)cc12. The van der Waals surface area contributed by atoms with Crippen LogP contribution in [-0.4, -0.2) is 34.3 Å². The highest BCUT2D eigenvalue weighted by molar-refractivity contribution is 7.20. The lowest BCUT2D eigenvalue weighted by Gasteiger charge is -2.13. The van der Waals surface area contributed by atoms with Crippen molar-refractivity contribution in [1.29, 1.82) is 0 Å². The lowest BCUT2D eigenvalue weighted by Crippen LogP contribution is -2.35. The van der Waals surface area contributed by atoms with Gasteiger partial charge in [0.25, 0.3) is 5.91 Å². The normalized spacial score (nSPS) is 19.3. The minimum Gasteiger partial charge on any atom is -0.448 e. The average Bonchev–Trinajstić information content (AvgIpc) is 2.92. The number of carbonyl (C=O) groups is 2. The lowest BCUT2D eigenvalue weighted by atomic mass is 10.2. The van der Waals surface area contributed by atoms with E-state index in [2.05, 4.69) is 10.4 Å². The first-order chi connectivity index (χ1) is 10.1. The molecule has 1 amide bonds. The molecule has 0 spiro atoms. The second-order valence-electron chi connectivity index (χ2n) is 5.22. The van der Waals surface area contributed by atoms with Crippen molar-refractivity contribution in [2.24, 2.45) is 7.05 Å². The predicted octanol–water partition coefficient (Wildman–Crippen LogP) is 1.77. The number of ether oxygens (including phenoxy) is 1. The quantitative estimate of drug-likeness (QED) is 0.858. The molecule has 1 aliphatic heterocycles. The van der Waals surface area contributed by atoms with E-state index in [1.165, 1.54) is 11.3 Å². The Bertz CT molecular complexity index is 669. The first-order valence-corrected chi connectivity index (χ1v) is 7.80. The maximum Gasteiger partial charge on any atom is 0.349 e. The van der Waals surface area contributed by atoms with Crippen LogP contribution in [0.25, 0.3) is 10.2 Å². The van der Waals surface area contributed by atoms with Crippen LogP contribution in [0, 0.1) is 6.92 Å². The third-order valence-electron chi connectivity index (χ3n) is 3.63. The summed E-state index contributed by atoms with van der Waals surface area (Å²) in [4.78, 5) is 25.5. The molecule has 3 heterocycles. The second-order valence-corrected chi connectivity index (χ2v) is 6.25. The highest BCUT2D eigenvalue weighted by atomic mass is 32.1. The third kappa shape index (κ3) is 2.65. The van der Waals surface area contributed by atoms with E-state index < -0.39 is 12.1 Å². The van der Waals surface area contributed by atoms with E-state index in [0.717, 1.165) is 28.8 Å². The summed E-state index contributed by atoms with van der Waals surface area (Å²) in [7, 11) is 1.85. The number of carbonyl (C=O) groups excluding carboxylic acids is 2. The van der Waals surface area contributed by atoms with Crippen molar-refractivity contribution in [1.82, 2.24) is 15.1 Å². The zero-order chi connectivity index (χ0) is 15.0. The molecule has 0 aliphatic carbocycles. The van der Waals surface area contributed by atoms with Gasteiger partial charge in [-0.15, -0.1) is 11.3 Å². The number of hydrogen-bond donors (Lipinski definition) is 1. The number of amides is 1. The van der Waals surface area contributed by atoms with Crippen molar-refractivity contribution in [2.75, 3.05) is 6.54 Å². The molecule has 21 heavy (non-hydrogen) atoms. The van der Waals surface area contributed by atoms with Crippen LogP contribution in [0.5, 0.6) is 0 Å². The number of esters is 1. The summed E-state index contributed by atoms with van der Waals surface area (Å²) in [6, 6.07) is 1.79. The molecule has 0 saturated carbocycles. The second kappa shape index (κ2) is 5.48. The van der Waals surface area contributed by atoms with E-state index in [4.69, 9.17) is 4.74 Å². The molecule has 0 bridgehead atoms. The number of nitrogens with one attached hydrogen (secondary N) is 1. The summed E-state index contributed by atoms with van der Waals surface area (Å²) in [6.07, 6.45) is 1.72. The van der Waals surface area contributed by atoms with Crippen molar-refractivity contribution >= 4 is 33.4 Å². The summed E-state index contributed by atoms with van der Waals surface area (Å²) >= 11 is 1.34. The molecule has 3 rings (SSSR count). The van der Waals surface area contributed by atoms with E-state index in [1.54, 1.807) is 10.7 Å². The molecule has 0 radical (unpaired) electrons. The monoisotopic (exact) mass is 307 g/mol. The summed E-state index contributed by atoms with van der Waals surface area (Å²) in [5, 5.41) is 8.02. The summed E-state index contributed by atoms with van der Waals surface area (Å²) < 4.78 is 7.13. The van der Waals surface area contributed by atoms with Crippen LogP contribution >= 0.6 is 11.3 Å². The molecule has 1 aliphatic rings. The summed E-state index contributed by atoms with van der Waals surface area (Å²) in [6.45, 7) is 2.56. The Hall–Kier alpha value is -1.89. The van der Waals surface area contributed by atoms with Gasteiger partial charge in [-0.05, 0) is 32.3 Å². The number of aromatic nitrogens is 2. The molecule has 2 aromatic rings. The van der Waals surface area contributed by atoms with Crippen LogP contribution < -0.4 is 5.32 Å². The molecule has 1 fully saturated rings. The van der Waals surface area contributed by atoms with Crippen LogP contribution in [0.4, 0.5) is 0 Å². The van der Waals surface area contributed by atoms with Gasteiger partial charge in [-0.1, -0.05) is 0 Å². The number of thiophene rings is 1. The molecule has 1 atom stereocenters. The maximum atomic E-state index is 12.2. The molecule has 6 nitrogen and oxygen atoms in total. The Morgan fingerprint density at radius 2 is 2.33 bits per heavy atom. The Kier molecular flexibility index (Phi) is 3.67. The molecule has 1 saturated heterocycles. The minimum absolute atomic E-state index is 0.195. The van der Waals surface area contributed by atoms with Crippen LogP contribution in [0.15, 0.2) is 6.07 Å². The first-order valence-electron chi connectivity index (χ1n) is 6.98. The fourth-order valence-electron chi connectivity index (χ4n) is 2.52. The molecule has 1 N–H and O–H groups in total. The fraction of sp³-hybridized carbons (Fsp3) is 0.500. The fourth-order valence-corrected chi connectivity index (χ4v) is 3.52. The topological polar surface area (TPSA) is 73.2 Å². The van der Waals surface area contributed by atoms with Gasteiger partial charge in [-0.2, -0.15) is 5.10 Å². The smallest absolute Gasteiger partial charge is 0.349 e. The van der Waals surface area contributed by atoms with Crippen molar-refractivity contribution in [2.45, 2.75) is 32.3 Å². The van der Waals surface area contributed by atoms with Crippen LogP contribution in [-0.2, 0) is 16.6 Å². The Labute approximate surface area is 126 Å². The van der Waals surface area contributed by atoms with Crippen molar-refractivity contribution in [3.8, 4) is 0 Å². The van der Waals surface area contributed by atoms with Gasteiger partial charge in [0.2, 0.25) is 0 Å². The molecule has 0 aromatic carbocycles. The molecular formula is C14H17N3O3S. The van der Waals surface area contributed by atoms with Crippen molar-refractivity contribution < 1.29 is 14.3 Å². The van der Waals surface area contributed by atoms with Gasteiger partial charge >= 0.3 is 5.97 Å². The number of aryl methyl sites for hydroxylation is 2. The van der Waals surface area contributed by atoms with Crippen LogP contribution in [0.2, 0.25) is 0 Å². The summed E-state index contributed by atoms with van der Waals surface area (Å²) in [5.41, 5.74) is 0.884. The maximum absolute atomic E-state index is 12.2. The van der Waals surface area contributed by atoms with E-state index in [0.29, 0.717) is 17.8 Å². The van der Waals surface area contributed by atoms with Crippen molar-refractivity contribution in [3.05, 3.63) is 16.6 Å². The van der Waals surface area contributed by atoms with E-state index in [-0.39, 0.29) is 5.91 Å². The van der Waals surface area contributed by atoms with Gasteiger partial charge in [0.15, 0.2) is 6.10 Å². The van der Waals surface area contributed by atoms with E-state index in [1.807, 2.05) is 14.0 Å². The van der Waals surface area contributed by atoms with Gasteiger partial charge in [0.1, 0.15) is 9.71 Å². The number of nitrogens with zero attached hydrogens (tertiary/aromatic N) is 2. The zero-order valence-corrected chi connectivity index (χ0v) is 12.8. The van der Waals surface area contributed by atoms with Gasteiger partial charge in [-0.25, -0.2) is 4.79 Å². The zero-order valence-electron chi connectivity index (χ0n) is 12.0. The standard InChI is InChI=1S/C14H17N3O3S/c1-8-9-7-11(21-13(9)17(2)16-8)14(19)20-10-5-3-4-6-15-12(10)18/h7,10H,3-6H2,1-2H3,(H,15,18). The minimum atomic E-state index is -0.676. The van der Waals surface area contributed by atoms with Crippen LogP contribution in [0.3, 0.4) is 0 Å². The Morgan fingerprint density at radius 1 is 1.52 bits per heavy atom. The lowest BCUT2D eigenvalue weighted by molar-refractivity contribution is -0.129. The molecule has 1 unspecified atom stereocenters. The largest absolute Gasteiger partial charge is 0.448 e. The van der Waals surface area contributed by atoms with Crippen molar-refractivity contribution in [3.63, 3.8) is 0 Å². The highest BCUT2D eigenvalue weighted by Crippen LogP contribution is 2.28. The van der Waals surface area contributed by atoms with Gasteiger partial charge < -0.3 is 10.1 Å². The predicted molar refractivity (Wildman–Crippen MR) is 79.4 cm³/mol. The van der Waals surface area contributed by atoms with E-state index >= 15 is 0 Å². The molecule has 7 heteroatoms. The third-order valence-corrected chi connectivity index (χ3v) is 4.81. The van der Waals surface area contributed by atoms with Gasteiger partial charge in [0, 0.05) is 19.0 Å². The Morgan fingerprint density at radius 3 is 3.10 bits per heavy atom. The van der Waals surface area contributed by atoms with Gasteiger partial charge in [-0.3, -0.25) is 9.48 Å². The van der Waals surface area contributed by atoms with E-state index in [9.17, 15) is 9.59 Å². The first kappa shape index (κ1) is 14.1. The summed E-state index contributed by atoms with van der Waals surface area (Å²) in [5.74, 6) is -0.627.